The molecule has 11 aromatic carbocycles. The summed E-state index contributed by atoms with van der Waals surface area (Å²) in [5.74, 6) is 0. The Labute approximate surface area is 540 Å². The zero-order chi connectivity index (χ0) is 63.5. The number of aryl methyl sites for hydroxylation is 5. The third-order valence-corrected chi connectivity index (χ3v) is 20.5. The largest absolute Gasteiger partial charge is 0.311 e. The van der Waals surface area contributed by atoms with E-state index in [1.165, 1.54) is 145 Å². The minimum absolute atomic E-state index is 0.0170. The van der Waals surface area contributed by atoms with Crippen molar-refractivity contribution < 1.29 is 0 Å². The van der Waals surface area contributed by atoms with Crippen LogP contribution in [0.1, 0.15) is 132 Å². The summed E-state index contributed by atoms with van der Waals surface area (Å²) in [6, 6.07) is 82.1. The van der Waals surface area contributed by atoms with Gasteiger partial charge in [0.2, 0.25) is 0 Å². The molecule has 0 radical (unpaired) electrons. The number of rotatable bonds is 7. The number of anilines is 9. The quantitative estimate of drug-likeness (QED) is 0.148. The lowest BCUT2D eigenvalue weighted by molar-refractivity contribution is 0.589. The highest BCUT2D eigenvalue weighted by Gasteiger charge is 2.45. The molecule has 1 aliphatic carbocycles. The summed E-state index contributed by atoms with van der Waals surface area (Å²) >= 11 is 0. The average molecular weight is 1180 g/mol. The zero-order valence-corrected chi connectivity index (χ0v) is 56.1. The Bertz CT molecular complexity index is 4930. The third kappa shape index (κ3) is 9.23. The Morgan fingerprint density at radius 3 is 1.65 bits per heavy atom. The van der Waals surface area contributed by atoms with Gasteiger partial charge >= 0.3 is 0 Å². The van der Waals surface area contributed by atoms with Crippen molar-refractivity contribution in [3.05, 3.63) is 268 Å². The van der Waals surface area contributed by atoms with Crippen molar-refractivity contribution in [2.75, 3.05) is 14.7 Å². The fraction of sp³-hybridized carbons (Fsp3) is 0.233. The molecule has 0 saturated heterocycles. The van der Waals surface area contributed by atoms with Gasteiger partial charge in [0.25, 0.3) is 6.71 Å². The molecule has 0 atom stereocenters. The van der Waals surface area contributed by atoms with Crippen LogP contribution in [0.5, 0.6) is 0 Å². The van der Waals surface area contributed by atoms with E-state index in [1.54, 1.807) is 0 Å². The van der Waals surface area contributed by atoms with Gasteiger partial charge in [-0.05, 0) is 236 Å². The monoisotopic (exact) mass is 1180 g/mol. The van der Waals surface area contributed by atoms with Crippen LogP contribution >= 0.6 is 0 Å². The van der Waals surface area contributed by atoms with Crippen LogP contribution in [0.25, 0.3) is 49.7 Å². The first-order valence-corrected chi connectivity index (χ1v) is 32.9. The lowest BCUT2D eigenvalue weighted by atomic mass is 9.33. The summed E-state index contributed by atoms with van der Waals surface area (Å²) in [4.78, 5) is 7.78. The van der Waals surface area contributed by atoms with E-state index < -0.39 is 0 Å². The van der Waals surface area contributed by atoms with Crippen LogP contribution in [0.15, 0.2) is 212 Å². The smallest absolute Gasteiger partial charge is 0.252 e. The molecule has 4 nitrogen and oxygen atoms in total. The molecule has 0 fully saturated rings. The predicted molar refractivity (Wildman–Crippen MR) is 392 cm³/mol. The first-order chi connectivity index (χ1) is 43.3. The molecule has 3 aliphatic rings. The molecule has 12 aromatic rings. The van der Waals surface area contributed by atoms with E-state index in [9.17, 15) is 0 Å². The topological polar surface area (TPSA) is 14.7 Å². The lowest BCUT2D eigenvalue weighted by Gasteiger charge is -2.45. The maximum absolute atomic E-state index is 2.64. The van der Waals surface area contributed by atoms with Gasteiger partial charge in [0.1, 0.15) is 0 Å². The van der Waals surface area contributed by atoms with Gasteiger partial charge in [0.05, 0.1) is 16.7 Å². The van der Waals surface area contributed by atoms with Gasteiger partial charge in [-0.15, -0.1) is 0 Å². The van der Waals surface area contributed by atoms with E-state index >= 15 is 0 Å². The van der Waals surface area contributed by atoms with Gasteiger partial charge in [0, 0.05) is 67.4 Å². The summed E-state index contributed by atoms with van der Waals surface area (Å²) in [5.41, 5.74) is 35.9. The molecule has 91 heavy (non-hydrogen) atoms. The molecule has 0 N–H and O–H groups in total. The molecule has 0 saturated carbocycles. The molecule has 0 spiro atoms. The fourth-order valence-electron chi connectivity index (χ4n) is 15.9. The second-order valence-corrected chi connectivity index (χ2v) is 30.2. The van der Waals surface area contributed by atoms with E-state index in [1.807, 2.05) is 0 Å². The highest BCUT2D eigenvalue weighted by atomic mass is 15.2. The van der Waals surface area contributed by atoms with Crippen LogP contribution in [-0.4, -0.2) is 11.3 Å². The fourth-order valence-corrected chi connectivity index (χ4v) is 15.9. The van der Waals surface area contributed by atoms with Crippen molar-refractivity contribution in [1.29, 1.82) is 0 Å². The molecule has 0 amide bonds. The number of nitrogens with zero attached hydrogens (tertiary/aromatic N) is 4. The molecular weight excluding hydrogens is 1100 g/mol. The highest BCUT2D eigenvalue weighted by Crippen LogP contribution is 2.53. The number of benzene rings is 11. The van der Waals surface area contributed by atoms with E-state index in [-0.39, 0.29) is 28.4 Å². The van der Waals surface area contributed by atoms with Crippen LogP contribution in [0.4, 0.5) is 51.2 Å². The summed E-state index contributed by atoms with van der Waals surface area (Å²) < 4.78 is 2.45. The second-order valence-electron chi connectivity index (χ2n) is 30.2. The van der Waals surface area contributed by atoms with Gasteiger partial charge in [-0.25, -0.2) is 0 Å². The first kappa shape index (κ1) is 58.1. The van der Waals surface area contributed by atoms with E-state index in [4.69, 9.17) is 0 Å². The zero-order valence-electron chi connectivity index (χ0n) is 56.1. The first-order valence-electron chi connectivity index (χ1n) is 32.9. The van der Waals surface area contributed by atoms with Gasteiger partial charge in [-0.1, -0.05) is 197 Å². The highest BCUT2D eigenvalue weighted by molar-refractivity contribution is 7.00. The number of hydrogen-bond donors (Lipinski definition) is 0. The van der Waals surface area contributed by atoms with E-state index in [0.29, 0.717) is 0 Å². The second kappa shape index (κ2) is 20.6. The average Bonchev–Trinajstić information content (AvgIpc) is 1.47. The number of para-hydroxylation sites is 2. The third-order valence-electron chi connectivity index (χ3n) is 20.5. The van der Waals surface area contributed by atoms with Crippen LogP contribution < -0.4 is 31.1 Å². The molecule has 450 valence electrons. The molecular formula is C86H83BN4. The molecule has 0 unspecified atom stereocenters. The van der Waals surface area contributed by atoms with E-state index in [2.05, 4.69) is 342 Å². The lowest BCUT2D eigenvalue weighted by Crippen LogP contribution is -2.61. The molecule has 0 bridgehead atoms. The minimum atomic E-state index is -0.111. The molecule has 15 rings (SSSR count). The summed E-state index contributed by atoms with van der Waals surface area (Å²) in [5, 5.41) is 2.47. The summed E-state index contributed by atoms with van der Waals surface area (Å²) in [6.07, 6.45) is 0. The number of aromatic nitrogens is 1. The van der Waals surface area contributed by atoms with Crippen LogP contribution in [0.3, 0.4) is 0 Å². The molecule has 1 aromatic heterocycles. The SMILES string of the molecule is Cc1cc2c3c(c1)N(c1cc(C)c(-c4ccc5c(c4)C(C)(C)c4ccccc4-5)c(C)c1)c1cc(N(c4ccc5c6ccccc6n(-c6ccccc6)c5c4)c4c(C)cc(C(C)(C)C)cc4C)ccc1B3c1cc(C(C)(C)C)ccc1N2c1ccc(C(C)(C)C)cc1. The van der Waals surface area contributed by atoms with Crippen LogP contribution in [0, 0.1) is 34.6 Å². The number of hydrogen-bond acceptors (Lipinski definition) is 3. The Morgan fingerprint density at radius 1 is 0.385 bits per heavy atom. The van der Waals surface area contributed by atoms with Gasteiger partial charge in [-0.2, -0.15) is 0 Å². The maximum Gasteiger partial charge on any atom is 0.252 e. The van der Waals surface area contributed by atoms with Crippen molar-refractivity contribution >= 4 is 96.1 Å². The molecule has 3 heterocycles. The molecule has 5 heteroatoms. The summed E-state index contributed by atoms with van der Waals surface area (Å²) in [6.45, 7) is 37.3. The van der Waals surface area contributed by atoms with E-state index in [0.717, 1.165) is 28.4 Å². The predicted octanol–water partition coefficient (Wildman–Crippen LogP) is 21.7. The Balaban J connectivity index is 1.00. The van der Waals surface area contributed by atoms with Crippen molar-refractivity contribution in [3.8, 4) is 27.9 Å². The number of fused-ring (bicyclic) bond motifs is 10. The summed E-state index contributed by atoms with van der Waals surface area (Å²) in [7, 11) is 0. The minimum Gasteiger partial charge on any atom is -0.311 e. The normalized spacial score (nSPS) is 14.0. The van der Waals surface area contributed by atoms with Gasteiger partial charge in [0.15, 0.2) is 0 Å². The Hall–Kier alpha value is -9.32. The van der Waals surface area contributed by atoms with Crippen molar-refractivity contribution in [2.24, 2.45) is 0 Å². The Morgan fingerprint density at radius 2 is 0.967 bits per heavy atom. The van der Waals surface area contributed by atoms with Gasteiger partial charge in [-0.3, -0.25) is 0 Å². The molecule has 2 aliphatic heterocycles. The Kier molecular flexibility index (Phi) is 13.2. The standard InChI is InChI=1S/C86H83BN4/c1-52-42-78-81-79(43-52)91(65-46-53(2)80(54(3)47-65)57-30-38-67-66-26-20-22-28-70(66)86(15,16)71(67)48-57)77-51-64(37-40-72(77)87(81)73-49-59(84(9,10)11)33-41-75(73)90(78)62-34-31-58(32-35-62)83(6,7)8)88(82-55(4)44-60(45-56(82)5)85(12,13)14)63-36-39-69-68-27-21-23-29-74(68)89(76(69)50-63)61-24-18-17-19-25-61/h17-51H,1-16H3. The van der Waals surface area contributed by atoms with Gasteiger partial charge < -0.3 is 19.3 Å². The van der Waals surface area contributed by atoms with Crippen molar-refractivity contribution in [2.45, 2.75) is 132 Å². The van der Waals surface area contributed by atoms with Crippen LogP contribution in [0.2, 0.25) is 0 Å². The van der Waals surface area contributed by atoms with Crippen LogP contribution in [-0.2, 0) is 21.7 Å². The maximum atomic E-state index is 2.64. The van der Waals surface area contributed by atoms with Crippen molar-refractivity contribution in [3.63, 3.8) is 0 Å². The van der Waals surface area contributed by atoms with Crippen molar-refractivity contribution in [1.82, 2.24) is 4.57 Å².